The summed E-state index contributed by atoms with van der Waals surface area (Å²) in [6.07, 6.45) is 0. The van der Waals surface area contributed by atoms with Crippen LogP contribution in [0.2, 0.25) is 0 Å². The Morgan fingerprint density at radius 1 is 1.22 bits per heavy atom. The Hall–Kier alpha value is -1.62. The van der Waals surface area contributed by atoms with Crippen LogP contribution in [0.5, 0.6) is 17.5 Å². The van der Waals surface area contributed by atoms with E-state index in [2.05, 4.69) is 20.9 Å². The van der Waals surface area contributed by atoms with E-state index in [1.165, 1.54) is 18.2 Å². The summed E-state index contributed by atoms with van der Waals surface area (Å²) < 4.78 is 24.3. The van der Waals surface area contributed by atoms with E-state index in [1.54, 1.807) is 18.2 Å². The zero-order valence-corrected chi connectivity index (χ0v) is 11.3. The Balaban J connectivity index is 2.20. The highest BCUT2D eigenvalue weighted by Crippen LogP contribution is 2.29. The molecule has 0 amide bonds. The van der Waals surface area contributed by atoms with Crippen molar-refractivity contribution in [3.63, 3.8) is 0 Å². The molecule has 3 nitrogen and oxygen atoms in total. The Kier molecular flexibility index (Phi) is 4.15. The maximum absolute atomic E-state index is 12.9. The molecule has 0 radical (unpaired) electrons. The first-order valence-electron chi connectivity index (χ1n) is 5.42. The van der Waals surface area contributed by atoms with Gasteiger partial charge in [-0.1, -0.05) is 6.07 Å². The Morgan fingerprint density at radius 3 is 2.72 bits per heavy atom. The van der Waals surface area contributed by atoms with E-state index < -0.39 is 0 Å². The molecule has 0 aliphatic carbocycles. The molecule has 0 unspecified atom stereocenters. The van der Waals surface area contributed by atoms with Crippen LogP contribution in [-0.4, -0.2) is 11.6 Å². The summed E-state index contributed by atoms with van der Waals surface area (Å²) in [4.78, 5) is 4.16. The molecule has 0 saturated heterocycles. The summed E-state index contributed by atoms with van der Waals surface area (Å²) in [7, 11) is 0. The minimum absolute atomic E-state index is 0.328. The fraction of sp³-hybridized carbons (Fsp3) is 0.154. The number of ether oxygens (including phenoxy) is 2. The van der Waals surface area contributed by atoms with Crippen molar-refractivity contribution >= 4 is 15.9 Å². The summed E-state index contributed by atoms with van der Waals surface area (Å²) in [5.74, 6) is 1.06. The van der Waals surface area contributed by atoms with Crippen LogP contribution in [0.25, 0.3) is 0 Å². The largest absolute Gasteiger partial charge is 0.478 e. The smallest absolute Gasteiger partial charge is 0.222 e. The highest BCUT2D eigenvalue weighted by molar-refractivity contribution is 9.10. The predicted molar refractivity (Wildman–Crippen MR) is 69.6 cm³/mol. The van der Waals surface area contributed by atoms with E-state index in [1.807, 2.05) is 6.92 Å². The van der Waals surface area contributed by atoms with E-state index in [0.29, 0.717) is 28.6 Å². The maximum Gasteiger partial charge on any atom is 0.222 e. The van der Waals surface area contributed by atoms with Crippen molar-refractivity contribution in [3.05, 3.63) is 46.7 Å². The lowest BCUT2D eigenvalue weighted by atomic mass is 10.3. The van der Waals surface area contributed by atoms with E-state index in [4.69, 9.17) is 9.47 Å². The zero-order chi connectivity index (χ0) is 13.0. The summed E-state index contributed by atoms with van der Waals surface area (Å²) in [5.41, 5.74) is 0. The van der Waals surface area contributed by atoms with Gasteiger partial charge in [-0.05, 0) is 41.1 Å². The molecule has 0 atom stereocenters. The first kappa shape index (κ1) is 12.8. The molecule has 1 aromatic heterocycles. The summed E-state index contributed by atoms with van der Waals surface area (Å²) in [6, 6.07) is 9.43. The van der Waals surface area contributed by atoms with Gasteiger partial charge in [0.25, 0.3) is 0 Å². The van der Waals surface area contributed by atoms with Crippen LogP contribution in [0.3, 0.4) is 0 Å². The van der Waals surface area contributed by atoms with Crippen LogP contribution in [0.1, 0.15) is 6.92 Å². The van der Waals surface area contributed by atoms with Crippen molar-refractivity contribution in [3.8, 4) is 17.5 Å². The number of halogens is 2. The molecule has 0 fully saturated rings. The lowest BCUT2D eigenvalue weighted by Gasteiger charge is -2.08. The second kappa shape index (κ2) is 5.82. The Labute approximate surface area is 113 Å². The standard InChI is InChI=1S/C13H11BrFNO2/c1-2-17-12-4-3-5-13(16-12)18-11-7-6-9(15)8-10(11)14/h3-8H,2H2,1H3. The van der Waals surface area contributed by atoms with Crippen molar-refractivity contribution < 1.29 is 13.9 Å². The fourth-order valence-electron chi connectivity index (χ4n) is 1.35. The number of pyridine rings is 1. The molecule has 2 rings (SSSR count). The van der Waals surface area contributed by atoms with Crippen LogP contribution in [0.4, 0.5) is 4.39 Å². The molecule has 1 aromatic carbocycles. The Morgan fingerprint density at radius 2 is 2.00 bits per heavy atom. The highest BCUT2D eigenvalue weighted by atomic mass is 79.9. The average molecular weight is 312 g/mol. The molecule has 5 heteroatoms. The second-order valence-electron chi connectivity index (χ2n) is 3.42. The molecule has 0 N–H and O–H groups in total. The number of rotatable bonds is 4. The first-order chi connectivity index (χ1) is 8.69. The molecule has 2 aromatic rings. The number of nitrogens with zero attached hydrogens (tertiary/aromatic N) is 1. The minimum atomic E-state index is -0.328. The van der Waals surface area contributed by atoms with Crippen LogP contribution in [-0.2, 0) is 0 Å². The third-order valence-electron chi connectivity index (χ3n) is 2.10. The molecule has 0 saturated carbocycles. The monoisotopic (exact) mass is 311 g/mol. The number of hydrogen-bond donors (Lipinski definition) is 0. The third-order valence-corrected chi connectivity index (χ3v) is 2.72. The van der Waals surface area contributed by atoms with Gasteiger partial charge in [0.15, 0.2) is 0 Å². The van der Waals surface area contributed by atoms with Crippen molar-refractivity contribution in [2.45, 2.75) is 6.92 Å². The van der Waals surface area contributed by atoms with Gasteiger partial charge in [-0.3, -0.25) is 0 Å². The summed E-state index contributed by atoms with van der Waals surface area (Å²) in [5, 5.41) is 0. The van der Waals surface area contributed by atoms with Gasteiger partial charge in [-0.2, -0.15) is 4.98 Å². The summed E-state index contributed by atoms with van der Waals surface area (Å²) >= 11 is 3.23. The van der Waals surface area contributed by atoms with Crippen molar-refractivity contribution in [2.75, 3.05) is 6.61 Å². The molecular weight excluding hydrogens is 301 g/mol. The molecule has 1 heterocycles. The predicted octanol–water partition coefficient (Wildman–Crippen LogP) is 4.17. The number of benzene rings is 1. The van der Waals surface area contributed by atoms with Gasteiger partial charge < -0.3 is 9.47 Å². The molecule has 0 spiro atoms. The van der Waals surface area contributed by atoms with E-state index >= 15 is 0 Å². The van der Waals surface area contributed by atoms with Gasteiger partial charge in [0, 0.05) is 12.1 Å². The van der Waals surface area contributed by atoms with Gasteiger partial charge in [0.05, 0.1) is 11.1 Å². The average Bonchev–Trinajstić information content (AvgIpc) is 2.34. The number of hydrogen-bond acceptors (Lipinski definition) is 3. The van der Waals surface area contributed by atoms with Crippen LogP contribution in [0.15, 0.2) is 40.9 Å². The van der Waals surface area contributed by atoms with Gasteiger partial charge in [-0.15, -0.1) is 0 Å². The van der Waals surface area contributed by atoms with Gasteiger partial charge >= 0.3 is 0 Å². The minimum Gasteiger partial charge on any atom is -0.478 e. The van der Waals surface area contributed by atoms with E-state index in [0.717, 1.165) is 0 Å². The van der Waals surface area contributed by atoms with Crippen molar-refractivity contribution in [1.29, 1.82) is 0 Å². The van der Waals surface area contributed by atoms with Crippen LogP contribution < -0.4 is 9.47 Å². The Bertz CT molecular complexity index is 548. The molecular formula is C13H11BrFNO2. The van der Waals surface area contributed by atoms with Crippen molar-refractivity contribution in [2.24, 2.45) is 0 Å². The van der Waals surface area contributed by atoms with Crippen LogP contribution >= 0.6 is 15.9 Å². The lowest BCUT2D eigenvalue weighted by molar-refractivity contribution is 0.321. The van der Waals surface area contributed by atoms with Crippen LogP contribution in [0, 0.1) is 5.82 Å². The molecule has 94 valence electrons. The first-order valence-corrected chi connectivity index (χ1v) is 6.21. The fourth-order valence-corrected chi connectivity index (χ4v) is 1.78. The van der Waals surface area contributed by atoms with E-state index in [-0.39, 0.29) is 5.82 Å². The van der Waals surface area contributed by atoms with Crippen molar-refractivity contribution in [1.82, 2.24) is 4.98 Å². The quantitative estimate of drug-likeness (QED) is 0.849. The third kappa shape index (κ3) is 3.20. The van der Waals surface area contributed by atoms with Gasteiger partial charge in [0.2, 0.25) is 11.8 Å². The molecule has 0 aliphatic rings. The van der Waals surface area contributed by atoms with Gasteiger partial charge in [-0.25, -0.2) is 4.39 Å². The second-order valence-corrected chi connectivity index (χ2v) is 4.28. The highest BCUT2D eigenvalue weighted by Gasteiger charge is 2.06. The number of aromatic nitrogens is 1. The summed E-state index contributed by atoms with van der Waals surface area (Å²) in [6.45, 7) is 2.42. The van der Waals surface area contributed by atoms with E-state index in [9.17, 15) is 4.39 Å². The normalized spacial score (nSPS) is 10.2. The molecule has 0 aliphatic heterocycles. The van der Waals surface area contributed by atoms with Gasteiger partial charge in [0.1, 0.15) is 11.6 Å². The molecule has 0 bridgehead atoms. The topological polar surface area (TPSA) is 31.4 Å². The molecule has 18 heavy (non-hydrogen) atoms. The zero-order valence-electron chi connectivity index (χ0n) is 9.69. The maximum atomic E-state index is 12.9. The lowest BCUT2D eigenvalue weighted by Crippen LogP contribution is -1.96. The SMILES string of the molecule is CCOc1cccc(Oc2ccc(F)cc2Br)n1.